The van der Waals surface area contributed by atoms with Crippen molar-refractivity contribution in [3.63, 3.8) is 0 Å². The predicted octanol–water partition coefficient (Wildman–Crippen LogP) is 2.07. The predicted molar refractivity (Wildman–Crippen MR) is 94.1 cm³/mol. The van der Waals surface area contributed by atoms with Gasteiger partial charge in [-0.25, -0.2) is 8.42 Å². The summed E-state index contributed by atoms with van der Waals surface area (Å²) >= 11 is 3.26. The van der Waals surface area contributed by atoms with Gasteiger partial charge >= 0.3 is 0 Å². The Morgan fingerprint density at radius 2 is 1.67 bits per heavy atom. The molecule has 6 nitrogen and oxygen atoms in total. The molecule has 0 saturated heterocycles. The van der Waals surface area contributed by atoms with Crippen LogP contribution in [0.1, 0.15) is 26.3 Å². The van der Waals surface area contributed by atoms with E-state index in [0.717, 1.165) is 6.26 Å². The van der Waals surface area contributed by atoms with Crippen molar-refractivity contribution >= 4 is 37.6 Å². The minimum Gasteiger partial charge on any atom is -0.267 e. The molecule has 0 aliphatic rings. The number of hydrazine groups is 1. The van der Waals surface area contributed by atoms with Crippen molar-refractivity contribution in [1.82, 2.24) is 10.9 Å². The molecule has 0 aromatic heterocycles. The van der Waals surface area contributed by atoms with Crippen LogP contribution in [0.25, 0.3) is 0 Å². The molecule has 2 rings (SSSR count). The second-order valence-corrected chi connectivity index (χ2v) is 8.15. The van der Waals surface area contributed by atoms with Crippen LogP contribution in [0.3, 0.4) is 0 Å². The van der Waals surface area contributed by atoms with Gasteiger partial charge in [-0.3, -0.25) is 20.4 Å². The Labute approximate surface area is 148 Å². The molecule has 8 heteroatoms. The van der Waals surface area contributed by atoms with E-state index >= 15 is 0 Å². The first-order valence-corrected chi connectivity index (χ1v) is 9.73. The van der Waals surface area contributed by atoms with Gasteiger partial charge in [0.15, 0.2) is 9.84 Å². The smallest absolute Gasteiger partial charge is 0.267 e. The first-order valence-electron chi connectivity index (χ1n) is 6.88. The van der Waals surface area contributed by atoms with Gasteiger partial charge in [-0.15, -0.1) is 0 Å². The maximum atomic E-state index is 12.1. The van der Waals surface area contributed by atoms with Gasteiger partial charge in [0, 0.05) is 16.3 Å². The molecular weight excluding hydrogens is 396 g/mol. The minimum absolute atomic E-state index is 0.155. The van der Waals surface area contributed by atoms with Crippen LogP contribution in [0.15, 0.2) is 53.0 Å². The van der Waals surface area contributed by atoms with Gasteiger partial charge in [0.2, 0.25) is 0 Å². The first-order chi connectivity index (χ1) is 11.3. The molecule has 0 heterocycles. The van der Waals surface area contributed by atoms with Crippen molar-refractivity contribution in [2.75, 3.05) is 6.26 Å². The number of sulfone groups is 1. The largest absolute Gasteiger partial charge is 0.270 e. The molecule has 0 fully saturated rings. The van der Waals surface area contributed by atoms with Crippen molar-refractivity contribution in [3.8, 4) is 0 Å². The van der Waals surface area contributed by atoms with Crippen LogP contribution in [0.2, 0.25) is 0 Å². The fourth-order valence-corrected chi connectivity index (χ4v) is 3.25. The average molecular weight is 411 g/mol. The molecular formula is C16H15BrN2O4S. The summed E-state index contributed by atoms with van der Waals surface area (Å²) in [7, 11) is -3.19. The van der Waals surface area contributed by atoms with E-state index in [1.165, 1.54) is 12.1 Å². The summed E-state index contributed by atoms with van der Waals surface area (Å²) < 4.78 is 23.3. The number of hydrogen-bond donors (Lipinski definition) is 2. The molecule has 0 atom stereocenters. The number of rotatable bonds is 4. The van der Waals surface area contributed by atoms with Gasteiger partial charge in [-0.1, -0.05) is 24.3 Å². The number of halogens is 1. The van der Waals surface area contributed by atoms with Gasteiger partial charge in [0.25, 0.3) is 11.8 Å². The molecule has 2 amide bonds. The lowest BCUT2D eigenvalue weighted by molar-refractivity contribution is 0.0846. The molecule has 0 spiro atoms. The molecule has 0 aliphatic carbocycles. The monoisotopic (exact) mass is 410 g/mol. The molecule has 0 bridgehead atoms. The van der Waals surface area contributed by atoms with E-state index in [9.17, 15) is 18.0 Å². The summed E-state index contributed by atoms with van der Waals surface area (Å²) in [5.41, 5.74) is 5.76. The third-order valence-corrected chi connectivity index (χ3v) is 4.58. The highest BCUT2D eigenvalue weighted by Gasteiger charge is 2.12. The number of amides is 2. The maximum Gasteiger partial charge on any atom is 0.270 e. The highest BCUT2D eigenvalue weighted by Crippen LogP contribution is 2.15. The van der Waals surface area contributed by atoms with Gasteiger partial charge in [-0.2, -0.15) is 0 Å². The van der Waals surface area contributed by atoms with Crippen molar-refractivity contribution in [3.05, 3.63) is 69.7 Å². The van der Waals surface area contributed by atoms with E-state index in [2.05, 4.69) is 26.8 Å². The Hall–Kier alpha value is -2.19. The van der Waals surface area contributed by atoms with Gasteiger partial charge in [-0.05, 0) is 45.8 Å². The third kappa shape index (κ3) is 5.17. The molecule has 126 valence electrons. The Morgan fingerprint density at radius 1 is 1.00 bits per heavy atom. The zero-order valence-electron chi connectivity index (χ0n) is 12.7. The van der Waals surface area contributed by atoms with Crippen molar-refractivity contribution in [1.29, 1.82) is 0 Å². The quantitative estimate of drug-likeness (QED) is 0.754. The van der Waals surface area contributed by atoms with E-state index in [1.54, 1.807) is 36.4 Å². The fourth-order valence-electron chi connectivity index (χ4n) is 2.00. The zero-order valence-corrected chi connectivity index (χ0v) is 15.1. The van der Waals surface area contributed by atoms with Crippen molar-refractivity contribution < 1.29 is 18.0 Å². The normalized spacial score (nSPS) is 10.9. The van der Waals surface area contributed by atoms with E-state index in [0.29, 0.717) is 15.6 Å². The average Bonchev–Trinajstić information content (AvgIpc) is 2.51. The van der Waals surface area contributed by atoms with Crippen LogP contribution in [-0.2, 0) is 15.6 Å². The number of carbonyl (C=O) groups is 2. The van der Waals surface area contributed by atoms with E-state index in [4.69, 9.17) is 0 Å². The minimum atomic E-state index is -3.19. The summed E-state index contributed by atoms with van der Waals surface area (Å²) in [6.07, 6.45) is 1.12. The van der Waals surface area contributed by atoms with Crippen LogP contribution in [0.4, 0.5) is 0 Å². The van der Waals surface area contributed by atoms with E-state index in [1.807, 2.05) is 0 Å². The van der Waals surface area contributed by atoms with Crippen LogP contribution < -0.4 is 10.9 Å². The highest BCUT2D eigenvalue weighted by molar-refractivity contribution is 9.10. The molecule has 0 saturated carbocycles. The van der Waals surface area contributed by atoms with E-state index < -0.39 is 21.7 Å². The SMILES string of the molecule is CS(=O)(=O)Cc1cccc(C(=O)NNC(=O)c2ccccc2Br)c1. The van der Waals surface area contributed by atoms with Crippen molar-refractivity contribution in [2.24, 2.45) is 0 Å². The summed E-state index contributed by atoms with van der Waals surface area (Å²) in [5.74, 6) is -1.16. The Balaban J connectivity index is 2.04. The number of nitrogens with one attached hydrogen (secondary N) is 2. The molecule has 0 radical (unpaired) electrons. The molecule has 2 N–H and O–H groups in total. The lowest BCUT2D eigenvalue weighted by Crippen LogP contribution is -2.41. The summed E-state index contributed by atoms with van der Waals surface area (Å²) in [4.78, 5) is 24.1. The Bertz CT molecular complexity index is 881. The molecule has 24 heavy (non-hydrogen) atoms. The molecule has 2 aromatic carbocycles. The molecule has 0 aliphatic heterocycles. The van der Waals surface area contributed by atoms with Gasteiger partial charge in [0.1, 0.15) is 0 Å². The highest BCUT2D eigenvalue weighted by atomic mass is 79.9. The Morgan fingerprint density at radius 3 is 2.33 bits per heavy atom. The number of carbonyl (C=O) groups excluding carboxylic acids is 2. The zero-order chi connectivity index (χ0) is 17.7. The summed E-state index contributed by atoms with van der Waals surface area (Å²) in [6.45, 7) is 0. The second kappa shape index (κ2) is 7.59. The lowest BCUT2D eigenvalue weighted by Gasteiger charge is -2.09. The van der Waals surface area contributed by atoms with Crippen LogP contribution >= 0.6 is 15.9 Å². The van der Waals surface area contributed by atoms with Crippen LogP contribution in [0, 0.1) is 0 Å². The topological polar surface area (TPSA) is 92.3 Å². The summed E-state index contributed by atoms with van der Waals surface area (Å²) in [5, 5.41) is 0. The lowest BCUT2D eigenvalue weighted by atomic mass is 10.1. The standard InChI is InChI=1S/C16H15BrN2O4S/c1-24(22,23)10-11-5-4-6-12(9-11)15(20)18-19-16(21)13-7-2-3-8-14(13)17/h2-9H,10H2,1H3,(H,18,20)(H,19,21). The maximum absolute atomic E-state index is 12.1. The second-order valence-electron chi connectivity index (χ2n) is 5.16. The number of benzene rings is 2. The van der Waals surface area contributed by atoms with Crippen LogP contribution in [0.5, 0.6) is 0 Å². The Kier molecular flexibility index (Phi) is 5.74. The van der Waals surface area contributed by atoms with Crippen LogP contribution in [-0.4, -0.2) is 26.5 Å². The van der Waals surface area contributed by atoms with Gasteiger partial charge in [0.05, 0.1) is 11.3 Å². The molecule has 0 unspecified atom stereocenters. The first kappa shape index (κ1) is 18.2. The number of hydrogen-bond acceptors (Lipinski definition) is 4. The van der Waals surface area contributed by atoms with Gasteiger partial charge < -0.3 is 0 Å². The fraction of sp³-hybridized carbons (Fsp3) is 0.125. The molecule has 2 aromatic rings. The van der Waals surface area contributed by atoms with E-state index in [-0.39, 0.29) is 11.3 Å². The third-order valence-electron chi connectivity index (χ3n) is 3.03. The van der Waals surface area contributed by atoms with Crippen molar-refractivity contribution in [2.45, 2.75) is 5.75 Å². The summed E-state index contributed by atoms with van der Waals surface area (Å²) in [6, 6.07) is 13.0.